The number of rotatable bonds is 6. The number of hydrogen-bond donors (Lipinski definition) is 2. The molecule has 3 rings (SSSR count). The molecule has 8 heteroatoms. The number of carbonyl (C=O) groups excluding carboxylic acids is 2. The first kappa shape index (κ1) is 16.1. The molecule has 126 valence electrons. The second-order valence-electron chi connectivity index (χ2n) is 5.63. The molecule has 1 atom stereocenters. The fourth-order valence-corrected chi connectivity index (χ4v) is 2.76. The maximum atomic E-state index is 12.4. The Morgan fingerprint density at radius 3 is 3.04 bits per heavy atom. The number of pyridine rings is 1. The summed E-state index contributed by atoms with van der Waals surface area (Å²) in [5.41, 5.74) is 2.31. The summed E-state index contributed by atoms with van der Waals surface area (Å²) in [5.74, 6) is -0.347. The molecule has 24 heavy (non-hydrogen) atoms. The molecule has 0 radical (unpaired) electrons. The summed E-state index contributed by atoms with van der Waals surface area (Å²) >= 11 is 0. The molecule has 2 amide bonds. The summed E-state index contributed by atoms with van der Waals surface area (Å²) in [7, 11) is 1.48. The highest BCUT2D eigenvalue weighted by Crippen LogP contribution is 2.19. The average molecular weight is 329 g/mol. The van der Waals surface area contributed by atoms with Gasteiger partial charge in [0.15, 0.2) is 0 Å². The molecular formula is C16H19N5O3. The molecule has 0 saturated heterocycles. The Labute approximate surface area is 139 Å². The Bertz CT molecular complexity index is 729. The molecule has 0 fully saturated rings. The number of fused-ring (bicyclic) bond motifs is 1. The maximum Gasteiger partial charge on any atom is 0.255 e. The van der Waals surface area contributed by atoms with E-state index in [4.69, 9.17) is 4.74 Å². The molecule has 1 aliphatic heterocycles. The van der Waals surface area contributed by atoms with Gasteiger partial charge in [-0.3, -0.25) is 19.3 Å². The van der Waals surface area contributed by atoms with Crippen LogP contribution in [0.2, 0.25) is 0 Å². The van der Waals surface area contributed by atoms with Gasteiger partial charge in [-0.1, -0.05) is 6.07 Å². The van der Waals surface area contributed by atoms with E-state index in [9.17, 15) is 9.59 Å². The van der Waals surface area contributed by atoms with Gasteiger partial charge in [-0.15, -0.1) is 0 Å². The molecule has 0 spiro atoms. The van der Waals surface area contributed by atoms with Gasteiger partial charge in [-0.25, -0.2) is 0 Å². The Hall–Kier alpha value is -2.74. The van der Waals surface area contributed by atoms with E-state index in [0.717, 1.165) is 11.3 Å². The van der Waals surface area contributed by atoms with Crippen LogP contribution in [0, 0.1) is 0 Å². The van der Waals surface area contributed by atoms with Crippen LogP contribution in [0.25, 0.3) is 0 Å². The van der Waals surface area contributed by atoms with Crippen molar-refractivity contribution in [2.75, 3.05) is 13.7 Å². The first-order chi connectivity index (χ1) is 11.7. The molecular weight excluding hydrogens is 310 g/mol. The number of aromatic nitrogens is 3. The lowest BCUT2D eigenvalue weighted by molar-refractivity contribution is -0.125. The predicted octanol–water partition coefficient (Wildman–Crippen LogP) is -0.105. The summed E-state index contributed by atoms with van der Waals surface area (Å²) in [6.07, 6.45) is 5.55. The number of nitrogens with one attached hydrogen (secondary N) is 2. The monoisotopic (exact) mass is 329 g/mol. The van der Waals surface area contributed by atoms with Gasteiger partial charge in [-0.05, 0) is 11.6 Å². The van der Waals surface area contributed by atoms with Crippen LogP contribution in [0.1, 0.15) is 21.6 Å². The zero-order valence-electron chi connectivity index (χ0n) is 13.4. The fourth-order valence-electron chi connectivity index (χ4n) is 2.76. The van der Waals surface area contributed by atoms with E-state index >= 15 is 0 Å². The molecule has 2 N–H and O–H groups in total. The minimum Gasteiger partial charge on any atom is -0.375 e. The molecule has 0 saturated carbocycles. The third-order valence-corrected chi connectivity index (χ3v) is 3.84. The molecule has 2 aromatic rings. The number of amides is 2. The quantitative estimate of drug-likeness (QED) is 0.771. The second kappa shape index (κ2) is 7.22. The topological polar surface area (TPSA) is 98.1 Å². The predicted molar refractivity (Wildman–Crippen MR) is 85.1 cm³/mol. The molecule has 2 aromatic heterocycles. The number of methoxy groups -OCH3 is 1. The van der Waals surface area contributed by atoms with E-state index in [-0.39, 0.29) is 24.5 Å². The zero-order chi connectivity index (χ0) is 16.9. The van der Waals surface area contributed by atoms with Crippen molar-refractivity contribution >= 4 is 11.8 Å². The number of ether oxygens (including phenoxy) is 1. The van der Waals surface area contributed by atoms with Gasteiger partial charge in [0.25, 0.3) is 5.91 Å². The van der Waals surface area contributed by atoms with Crippen molar-refractivity contribution in [3.8, 4) is 0 Å². The molecule has 0 aromatic carbocycles. The van der Waals surface area contributed by atoms with E-state index in [1.165, 1.54) is 7.11 Å². The summed E-state index contributed by atoms with van der Waals surface area (Å²) in [6.45, 7) is 0.989. The summed E-state index contributed by atoms with van der Waals surface area (Å²) < 4.78 is 6.57. The van der Waals surface area contributed by atoms with E-state index in [2.05, 4.69) is 20.7 Å². The summed E-state index contributed by atoms with van der Waals surface area (Å²) in [5, 5.41) is 9.98. The molecule has 0 bridgehead atoms. The minimum atomic E-state index is -0.177. The van der Waals surface area contributed by atoms with Crippen molar-refractivity contribution < 1.29 is 14.3 Å². The first-order valence-corrected chi connectivity index (χ1v) is 7.67. The molecule has 0 unspecified atom stereocenters. The van der Waals surface area contributed by atoms with Gasteiger partial charge < -0.3 is 15.4 Å². The lowest BCUT2D eigenvalue weighted by Gasteiger charge is -2.11. The maximum absolute atomic E-state index is 12.4. The Kier molecular flexibility index (Phi) is 4.85. The highest BCUT2D eigenvalue weighted by molar-refractivity contribution is 5.95. The van der Waals surface area contributed by atoms with Crippen molar-refractivity contribution in [1.29, 1.82) is 0 Å². The molecule has 8 nitrogen and oxygen atoms in total. The van der Waals surface area contributed by atoms with Gasteiger partial charge in [-0.2, -0.15) is 5.10 Å². The van der Waals surface area contributed by atoms with Crippen LogP contribution in [-0.4, -0.2) is 46.3 Å². The number of nitrogens with zero attached hydrogens (tertiary/aromatic N) is 3. The molecule has 3 heterocycles. The second-order valence-corrected chi connectivity index (χ2v) is 5.63. The van der Waals surface area contributed by atoms with E-state index in [1.807, 2.05) is 12.1 Å². The highest BCUT2D eigenvalue weighted by atomic mass is 16.5. The largest absolute Gasteiger partial charge is 0.375 e. The smallest absolute Gasteiger partial charge is 0.255 e. The van der Waals surface area contributed by atoms with Gasteiger partial charge in [0.2, 0.25) is 5.91 Å². The Morgan fingerprint density at radius 1 is 1.42 bits per heavy atom. The average Bonchev–Trinajstić information content (AvgIpc) is 3.13. The van der Waals surface area contributed by atoms with Crippen LogP contribution in [0.15, 0.2) is 30.7 Å². The van der Waals surface area contributed by atoms with Crippen LogP contribution in [0.5, 0.6) is 0 Å². The standard InChI is InChI=1S/C16H19N5O3/c1-24-10-15(22)20-12-5-14-13(8-19-21(14)9-12)16(23)18-7-11-3-2-4-17-6-11/h2-4,6,8,12H,5,7,9-10H2,1H3,(H,18,23)(H,20,22)/t12-/m0/s1. The molecule has 1 aliphatic rings. The third-order valence-electron chi connectivity index (χ3n) is 3.84. The minimum absolute atomic E-state index is 0.0251. The van der Waals surface area contributed by atoms with Crippen molar-refractivity contribution in [2.45, 2.75) is 25.6 Å². The van der Waals surface area contributed by atoms with Crippen molar-refractivity contribution in [3.05, 3.63) is 47.5 Å². The van der Waals surface area contributed by atoms with E-state index in [1.54, 1.807) is 23.3 Å². The Morgan fingerprint density at radius 2 is 2.29 bits per heavy atom. The van der Waals surface area contributed by atoms with Crippen molar-refractivity contribution in [1.82, 2.24) is 25.4 Å². The van der Waals surface area contributed by atoms with Gasteiger partial charge in [0, 0.05) is 32.5 Å². The number of carbonyl (C=O) groups is 2. The zero-order valence-corrected chi connectivity index (χ0v) is 13.4. The van der Waals surface area contributed by atoms with Gasteiger partial charge in [0.05, 0.1) is 30.0 Å². The van der Waals surface area contributed by atoms with Gasteiger partial charge in [0.1, 0.15) is 6.61 Å². The van der Waals surface area contributed by atoms with Gasteiger partial charge >= 0.3 is 0 Å². The normalized spacial score (nSPS) is 15.8. The van der Waals surface area contributed by atoms with Crippen LogP contribution < -0.4 is 10.6 Å². The Balaban J connectivity index is 1.60. The first-order valence-electron chi connectivity index (χ1n) is 7.67. The third kappa shape index (κ3) is 3.60. The summed E-state index contributed by atoms with van der Waals surface area (Å²) in [6, 6.07) is 3.66. The lowest BCUT2D eigenvalue weighted by Crippen LogP contribution is -2.38. The van der Waals surface area contributed by atoms with Crippen LogP contribution in [-0.2, 0) is 29.0 Å². The van der Waals surface area contributed by atoms with Crippen molar-refractivity contribution in [2.24, 2.45) is 0 Å². The van der Waals surface area contributed by atoms with Crippen LogP contribution in [0.3, 0.4) is 0 Å². The van der Waals surface area contributed by atoms with Crippen molar-refractivity contribution in [3.63, 3.8) is 0 Å². The van der Waals surface area contributed by atoms with Crippen LogP contribution in [0.4, 0.5) is 0 Å². The molecule has 0 aliphatic carbocycles. The number of hydrogen-bond acceptors (Lipinski definition) is 5. The highest BCUT2D eigenvalue weighted by Gasteiger charge is 2.28. The lowest BCUT2D eigenvalue weighted by atomic mass is 10.1. The summed E-state index contributed by atoms with van der Waals surface area (Å²) in [4.78, 5) is 28.0. The fraction of sp³-hybridized carbons (Fsp3) is 0.375. The SMILES string of the molecule is COCC(=O)N[C@H]1Cc2c(C(=O)NCc3cccnc3)cnn2C1. The van der Waals surface area contributed by atoms with E-state index in [0.29, 0.717) is 25.1 Å². The van der Waals surface area contributed by atoms with Crippen LogP contribution >= 0.6 is 0 Å². The van der Waals surface area contributed by atoms with E-state index < -0.39 is 0 Å².